The fourth-order valence-corrected chi connectivity index (χ4v) is 2.15. The first-order chi connectivity index (χ1) is 9.76. The Morgan fingerprint density at radius 1 is 1.00 bits per heavy atom. The molecule has 0 aromatic heterocycles. The number of halogens is 1. The summed E-state index contributed by atoms with van der Waals surface area (Å²) in [5.74, 6) is 0.421. The maximum atomic E-state index is 13.5. The van der Waals surface area contributed by atoms with Crippen molar-refractivity contribution in [2.24, 2.45) is 0 Å². The van der Waals surface area contributed by atoms with Crippen LogP contribution < -0.4 is 10.1 Å². The molecule has 20 heavy (non-hydrogen) atoms. The molecular formula is C17H28FNO. The average Bonchev–Trinajstić information content (AvgIpc) is 2.43. The van der Waals surface area contributed by atoms with Crippen LogP contribution in [0.25, 0.3) is 0 Å². The van der Waals surface area contributed by atoms with E-state index in [1.165, 1.54) is 38.2 Å². The summed E-state index contributed by atoms with van der Waals surface area (Å²) in [4.78, 5) is 0. The molecule has 0 atom stereocenters. The Balaban J connectivity index is 2.26. The van der Waals surface area contributed by atoms with Crippen molar-refractivity contribution in [3.8, 4) is 5.75 Å². The van der Waals surface area contributed by atoms with Crippen LogP contribution >= 0.6 is 0 Å². The summed E-state index contributed by atoms with van der Waals surface area (Å²) in [6.45, 7) is 6.50. The van der Waals surface area contributed by atoms with Crippen LogP contribution in [-0.2, 0) is 6.54 Å². The monoisotopic (exact) mass is 281 g/mol. The van der Waals surface area contributed by atoms with Gasteiger partial charge in [0.15, 0.2) is 0 Å². The molecule has 0 unspecified atom stereocenters. The highest BCUT2D eigenvalue weighted by atomic mass is 19.1. The van der Waals surface area contributed by atoms with Crippen LogP contribution in [0.4, 0.5) is 4.39 Å². The standard InChI is InChI=1S/C17H28FNO/c1-3-5-6-7-8-9-10-20-17-12-15(14-19-4-2)11-16(18)13-17/h11-13,19H,3-10,14H2,1-2H3. The zero-order valence-electron chi connectivity index (χ0n) is 12.9. The van der Waals surface area contributed by atoms with Gasteiger partial charge in [0.1, 0.15) is 11.6 Å². The third-order valence-electron chi connectivity index (χ3n) is 3.28. The minimum atomic E-state index is -0.224. The SMILES string of the molecule is CCCCCCCCOc1cc(F)cc(CNCC)c1. The van der Waals surface area contributed by atoms with Gasteiger partial charge in [0.05, 0.1) is 6.61 Å². The molecule has 114 valence electrons. The number of ether oxygens (including phenoxy) is 1. The molecule has 0 saturated heterocycles. The van der Waals surface area contributed by atoms with Crippen LogP contribution in [0.2, 0.25) is 0 Å². The molecule has 0 aliphatic rings. The Morgan fingerprint density at radius 3 is 2.50 bits per heavy atom. The van der Waals surface area contributed by atoms with E-state index in [1.807, 2.05) is 13.0 Å². The highest BCUT2D eigenvalue weighted by Gasteiger charge is 2.02. The molecule has 1 aromatic rings. The minimum Gasteiger partial charge on any atom is -0.493 e. The van der Waals surface area contributed by atoms with Gasteiger partial charge in [-0.3, -0.25) is 0 Å². The van der Waals surface area contributed by atoms with Crippen molar-refractivity contribution in [3.05, 3.63) is 29.6 Å². The largest absolute Gasteiger partial charge is 0.493 e. The highest BCUT2D eigenvalue weighted by Crippen LogP contribution is 2.17. The molecule has 0 bridgehead atoms. The van der Waals surface area contributed by atoms with Gasteiger partial charge in [-0.1, -0.05) is 46.0 Å². The van der Waals surface area contributed by atoms with Gasteiger partial charge in [0.25, 0.3) is 0 Å². The number of hydrogen-bond donors (Lipinski definition) is 1. The Kier molecular flexibility index (Phi) is 9.05. The summed E-state index contributed by atoms with van der Waals surface area (Å²) in [5, 5.41) is 3.19. The van der Waals surface area contributed by atoms with Gasteiger partial charge in [0, 0.05) is 12.6 Å². The number of hydrogen-bond acceptors (Lipinski definition) is 2. The molecule has 0 amide bonds. The van der Waals surface area contributed by atoms with Gasteiger partial charge in [-0.15, -0.1) is 0 Å². The lowest BCUT2D eigenvalue weighted by Crippen LogP contribution is -2.12. The highest BCUT2D eigenvalue weighted by molar-refractivity contribution is 5.29. The summed E-state index contributed by atoms with van der Waals surface area (Å²) >= 11 is 0. The van der Waals surface area contributed by atoms with Crippen LogP contribution in [0.1, 0.15) is 57.9 Å². The van der Waals surface area contributed by atoms with Crippen molar-refractivity contribution < 1.29 is 9.13 Å². The molecule has 1 rings (SSSR count). The Morgan fingerprint density at radius 2 is 1.75 bits per heavy atom. The molecule has 1 N–H and O–H groups in total. The molecular weight excluding hydrogens is 253 g/mol. The second kappa shape index (κ2) is 10.7. The van der Waals surface area contributed by atoms with Gasteiger partial charge in [0.2, 0.25) is 0 Å². The molecule has 0 aliphatic carbocycles. The van der Waals surface area contributed by atoms with Crippen LogP contribution in [0.15, 0.2) is 18.2 Å². The van der Waals surface area contributed by atoms with Crippen LogP contribution in [0.5, 0.6) is 5.75 Å². The molecule has 0 spiro atoms. The third-order valence-corrected chi connectivity index (χ3v) is 3.28. The molecule has 3 heteroatoms. The number of nitrogens with one attached hydrogen (secondary N) is 1. The van der Waals surface area contributed by atoms with E-state index in [0.29, 0.717) is 18.9 Å². The molecule has 2 nitrogen and oxygen atoms in total. The quantitative estimate of drug-likeness (QED) is 0.595. The Bertz CT molecular complexity index is 368. The van der Waals surface area contributed by atoms with Crippen LogP contribution in [0, 0.1) is 5.82 Å². The first-order valence-electron chi connectivity index (χ1n) is 7.89. The molecule has 1 aromatic carbocycles. The summed E-state index contributed by atoms with van der Waals surface area (Å²) in [7, 11) is 0. The first-order valence-corrected chi connectivity index (χ1v) is 7.89. The average molecular weight is 281 g/mol. The number of unbranched alkanes of at least 4 members (excludes halogenated alkanes) is 5. The fourth-order valence-electron chi connectivity index (χ4n) is 2.15. The van der Waals surface area contributed by atoms with Crippen molar-refractivity contribution in [1.82, 2.24) is 5.32 Å². The van der Waals surface area contributed by atoms with E-state index in [0.717, 1.165) is 18.5 Å². The lowest BCUT2D eigenvalue weighted by molar-refractivity contribution is 0.302. The molecule has 0 fully saturated rings. The number of rotatable bonds is 11. The maximum absolute atomic E-state index is 13.5. The predicted molar refractivity (Wildman–Crippen MR) is 82.7 cm³/mol. The Labute approximate surface area is 122 Å². The number of benzene rings is 1. The summed E-state index contributed by atoms with van der Waals surface area (Å²) in [6.07, 6.45) is 7.41. The summed E-state index contributed by atoms with van der Waals surface area (Å²) in [5.41, 5.74) is 0.935. The topological polar surface area (TPSA) is 21.3 Å². The van der Waals surface area contributed by atoms with Gasteiger partial charge in [-0.25, -0.2) is 4.39 Å². The second-order valence-corrected chi connectivity index (χ2v) is 5.19. The van der Waals surface area contributed by atoms with Gasteiger partial charge in [-0.05, 0) is 30.7 Å². The molecule has 0 saturated carbocycles. The third kappa shape index (κ3) is 7.49. The zero-order chi connectivity index (χ0) is 14.6. The van der Waals surface area contributed by atoms with E-state index < -0.39 is 0 Å². The van der Waals surface area contributed by atoms with Crippen molar-refractivity contribution in [2.75, 3.05) is 13.2 Å². The normalized spacial score (nSPS) is 10.8. The first kappa shape index (κ1) is 17.0. The molecule has 0 radical (unpaired) electrons. The van der Waals surface area contributed by atoms with E-state index in [1.54, 1.807) is 6.07 Å². The van der Waals surface area contributed by atoms with E-state index in [2.05, 4.69) is 12.2 Å². The van der Waals surface area contributed by atoms with Crippen LogP contribution in [-0.4, -0.2) is 13.2 Å². The minimum absolute atomic E-state index is 0.224. The summed E-state index contributed by atoms with van der Waals surface area (Å²) in [6, 6.07) is 4.94. The van der Waals surface area contributed by atoms with E-state index >= 15 is 0 Å². The second-order valence-electron chi connectivity index (χ2n) is 5.19. The van der Waals surface area contributed by atoms with Crippen molar-refractivity contribution in [2.45, 2.75) is 58.9 Å². The maximum Gasteiger partial charge on any atom is 0.127 e. The predicted octanol–water partition coefficient (Wildman–Crippen LogP) is 4.67. The van der Waals surface area contributed by atoms with E-state index in [9.17, 15) is 4.39 Å². The summed E-state index contributed by atoms with van der Waals surface area (Å²) < 4.78 is 19.1. The smallest absolute Gasteiger partial charge is 0.127 e. The van der Waals surface area contributed by atoms with Gasteiger partial charge in [-0.2, -0.15) is 0 Å². The van der Waals surface area contributed by atoms with Crippen LogP contribution in [0.3, 0.4) is 0 Å². The van der Waals surface area contributed by atoms with Crippen molar-refractivity contribution in [3.63, 3.8) is 0 Å². The van der Waals surface area contributed by atoms with Crippen molar-refractivity contribution >= 4 is 0 Å². The lowest BCUT2D eigenvalue weighted by Gasteiger charge is -2.09. The van der Waals surface area contributed by atoms with E-state index in [4.69, 9.17) is 4.74 Å². The molecule has 0 aliphatic heterocycles. The zero-order valence-corrected chi connectivity index (χ0v) is 12.9. The van der Waals surface area contributed by atoms with Gasteiger partial charge >= 0.3 is 0 Å². The lowest BCUT2D eigenvalue weighted by atomic mass is 10.1. The molecule has 0 heterocycles. The fraction of sp³-hybridized carbons (Fsp3) is 0.647. The van der Waals surface area contributed by atoms with E-state index in [-0.39, 0.29) is 5.82 Å². The van der Waals surface area contributed by atoms with Crippen molar-refractivity contribution in [1.29, 1.82) is 0 Å². The Hall–Kier alpha value is -1.09. The van der Waals surface area contributed by atoms with Gasteiger partial charge < -0.3 is 10.1 Å².